The van der Waals surface area contributed by atoms with E-state index in [2.05, 4.69) is 36.9 Å². The highest BCUT2D eigenvalue weighted by Crippen LogP contribution is 2.19. The van der Waals surface area contributed by atoms with Gasteiger partial charge in [0, 0.05) is 10.2 Å². The minimum Gasteiger partial charge on any atom is -0.342 e. The van der Waals surface area contributed by atoms with E-state index in [0.29, 0.717) is 12.2 Å². The van der Waals surface area contributed by atoms with Gasteiger partial charge in [-0.05, 0) is 36.2 Å². The van der Waals surface area contributed by atoms with Crippen LogP contribution in [0.25, 0.3) is 0 Å². The molecule has 7 nitrogen and oxygen atoms in total. The number of nitrogens with one attached hydrogen (secondary N) is 2. The second kappa shape index (κ2) is 8.59. The zero-order valence-corrected chi connectivity index (χ0v) is 16.2. The molecule has 3 aromatic rings. The fraction of sp³-hybridized carbons (Fsp3) is 0.158. The van der Waals surface area contributed by atoms with Crippen molar-refractivity contribution in [3.05, 3.63) is 76.0 Å². The maximum Gasteiger partial charge on any atom is 0.273 e. The average molecular weight is 428 g/mol. The largest absolute Gasteiger partial charge is 0.342 e. The van der Waals surface area contributed by atoms with Crippen LogP contribution >= 0.6 is 15.9 Å². The fourth-order valence-electron chi connectivity index (χ4n) is 2.46. The van der Waals surface area contributed by atoms with Gasteiger partial charge in [-0.25, -0.2) is 4.68 Å². The molecular formula is C19H18BrN5O2. The quantitative estimate of drug-likeness (QED) is 0.632. The van der Waals surface area contributed by atoms with Crippen molar-refractivity contribution in [2.24, 2.45) is 0 Å². The van der Waals surface area contributed by atoms with Crippen molar-refractivity contribution in [3.8, 4) is 0 Å². The minimum atomic E-state index is -0.447. The molecule has 0 atom stereocenters. The van der Waals surface area contributed by atoms with Crippen LogP contribution in [0.1, 0.15) is 21.6 Å². The Balaban J connectivity index is 1.52. The van der Waals surface area contributed by atoms with Crippen LogP contribution in [0.5, 0.6) is 0 Å². The second-order valence-electron chi connectivity index (χ2n) is 5.98. The van der Waals surface area contributed by atoms with E-state index in [0.717, 1.165) is 15.6 Å². The lowest BCUT2D eigenvalue weighted by molar-refractivity contribution is -0.115. The Morgan fingerprint density at radius 1 is 1.15 bits per heavy atom. The van der Waals surface area contributed by atoms with Gasteiger partial charge in [-0.3, -0.25) is 9.59 Å². The number of rotatable bonds is 6. The highest BCUT2D eigenvalue weighted by atomic mass is 79.9. The lowest BCUT2D eigenvalue weighted by Gasteiger charge is -2.09. The van der Waals surface area contributed by atoms with Crippen molar-refractivity contribution in [1.82, 2.24) is 20.3 Å². The molecule has 0 spiro atoms. The van der Waals surface area contributed by atoms with E-state index in [1.165, 1.54) is 0 Å². The molecular weight excluding hydrogens is 410 g/mol. The molecule has 3 rings (SSSR count). The molecule has 0 unspecified atom stereocenters. The number of aryl methyl sites for hydroxylation is 1. The number of amides is 2. The smallest absolute Gasteiger partial charge is 0.273 e. The first kappa shape index (κ1) is 18.8. The van der Waals surface area contributed by atoms with Crippen molar-refractivity contribution in [1.29, 1.82) is 0 Å². The third kappa shape index (κ3) is 5.24. The van der Waals surface area contributed by atoms with Crippen LogP contribution in [0, 0.1) is 6.92 Å². The van der Waals surface area contributed by atoms with E-state index in [-0.39, 0.29) is 18.1 Å². The highest BCUT2D eigenvalue weighted by molar-refractivity contribution is 9.10. The number of carbonyl (C=O) groups excluding carboxylic acids is 2. The Morgan fingerprint density at radius 2 is 1.93 bits per heavy atom. The van der Waals surface area contributed by atoms with Gasteiger partial charge in [-0.1, -0.05) is 51.5 Å². The van der Waals surface area contributed by atoms with Crippen molar-refractivity contribution in [3.63, 3.8) is 0 Å². The zero-order chi connectivity index (χ0) is 19.2. The van der Waals surface area contributed by atoms with Crippen LogP contribution in [0.4, 0.5) is 5.69 Å². The van der Waals surface area contributed by atoms with Gasteiger partial charge in [-0.2, -0.15) is 0 Å². The van der Waals surface area contributed by atoms with Gasteiger partial charge in [0.25, 0.3) is 5.91 Å². The third-order valence-corrected chi connectivity index (χ3v) is 4.32. The van der Waals surface area contributed by atoms with Crippen molar-refractivity contribution < 1.29 is 9.59 Å². The Labute approximate surface area is 164 Å². The van der Waals surface area contributed by atoms with Crippen LogP contribution in [0.2, 0.25) is 0 Å². The lowest BCUT2D eigenvalue weighted by Crippen LogP contribution is -2.33. The van der Waals surface area contributed by atoms with Gasteiger partial charge >= 0.3 is 0 Å². The SMILES string of the molecule is Cc1cc(Br)ccc1NC(=O)CNC(=O)c1cn(Cc2ccccc2)nn1. The maximum absolute atomic E-state index is 12.2. The topological polar surface area (TPSA) is 88.9 Å². The zero-order valence-electron chi connectivity index (χ0n) is 14.6. The Kier molecular flexibility index (Phi) is 5.97. The van der Waals surface area contributed by atoms with E-state index in [1.54, 1.807) is 16.9 Å². The molecule has 0 fully saturated rings. The van der Waals surface area contributed by atoms with Gasteiger partial charge in [0.05, 0.1) is 19.3 Å². The number of benzene rings is 2. The summed E-state index contributed by atoms with van der Waals surface area (Å²) in [4.78, 5) is 24.2. The van der Waals surface area contributed by atoms with Crippen molar-refractivity contribution in [2.75, 3.05) is 11.9 Å². The average Bonchev–Trinajstić information content (AvgIpc) is 3.11. The first-order valence-electron chi connectivity index (χ1n) is 8.29. The molecule has 1 aromatic heterocycles. The molecule has 0 radical (unpaired) electrons. The third-order valence-electron chi connectivity index (χ3n) is 3.83. The molecule has 0 aliphatic carbocycles. The minimum absolute atomic E-state index is 0.153. The predicted molar refractivity (Wildman–Crippen MR) is 105 cm³/mol. The molecule has 27 heavy (non-hydrogen) atoms. The van der Waals surface area contributed by atoms with Crippen LogP contribution < -0.4 is 10.6 Å². The standard InChI is InChI=1S/C19H18BrN5O2/c1-13-9-15(20)7-8-16(13)22-18(26)10-21-19(27)17-12-25(24-23-17)11-14-5-3-2-4-6-14/h2-9,12H,10-11H2,1H3,(H,21,27)(H,22,26). The number of carbonyl (C=O) groups is 2. The molecule has 0 bridgehead atoms. The lowest BCUT2D eigenvalue weighted by atomic mass is 10.2. The summed E-state index contributed by atoms with van der Waals surface area (Å²) < 4.78 is 2.51. The van der Waals surface area contributed by atoms with Crippen LogP contribution in [-0.2, 0) is 11.3 Å². The Bertz CT molecular complexity index is 956. The molecule has 0 aliphatic rings. The summed E-state index contributed by atoms with van der Waals surface area (Å²) in [5.74, 6) is -0.762. The molecule has 0 saturated heterocycles. The van der Waals surface area contributed by atoms with Gasteiger partial charge in [-0.15, -0.1) is 5.10 Å². The first-order chi connectivity index (χ1) is 13.0. The van der Waals surface area contributed by atoms with E-state index in [9.17, 15) is 9.59 Å². The van der Waals surface area contributed by atoms with E-state index in [1.807, 2.05) is 49.4 Å². The van der Waals surface area contributed by atoms with Crippen LogP contribution in [0.15, 0.2) is 59.2 Å². The van der Waals surface area contributed by atoms with Gasteiger partial charge in [0.1, 0.15) is 0 Å². The predicted octanol–water partition coefficient (Wildman–Crippen LogP) is 2.77. The summed E-state index contributed by atoms with van der Waals surface area (Å²) in [5.41, 5.74) is 2.84. The molecule has 2 aromatic carbocycles. The van der Waals surface area contributed by atoms with Crippen molar-refractivity contribution >= 4 is 33.4 Å². The summed E-state index contributed by atoms with van der Waals surface area (Å²) in [6, 6.07) is 15.3. The highest BCUT2D eigenvalue weighted by Gasteiger charge is 2.13. The normalized spacial score (nSPS) is 10.4. The Morgan fingerprint density at radius 3 is 2.67 bits per heavy atom. The second-order valence-corrected chi connectivity index (χ2v) is 6.89. The molecule has 0 saturated carbocycles. The molecule has 8 heteroatoms. The van der Waals surface area contributed by atoms with E-state index < -0.39 is 5.91 Å². The monoisotopic (exact) mass is 427 g/mol. The molecule has 0 aliphatic heterocycles. The number of aromatic nitrogens is 3. The van der Waals surface area contributed by atoms with Gasteiger partial charge < -0.3 is 10.6 Å². The summed E-state index contributed by atoms with van der Waals surface area (Å²) in [7, 11) is 0. The van der Waals surface area contributed by atoms with Crippen molar-refractivity contribution in [2.45, 2.75) is 13.5 Å². The maximum atomic E-state index is 12.2. The van der Waals surface area contributed by atoms with E-state index >= 15 is 0 Å². The molecule has 138 valence electrons. The number of hydrogen-bond acceptors (Lipinski definition) is 4. The molecule has 2 N–H and O–H groups in total. The first-order valence-corrected chi connectivity index (χ1v) is 9.09. The number of hydrogen-bond donors (Lipinski definition) is 2. The van der Waals surface area contributed by atoms with E-state index in [4.69, 9.17) is 0 Å². The summed E-state index contributed by atoms with van der Waals surface area (Å²) in [6.45, 7) is 2.26. The number of nitrogens with zero attached hydrogens (tertiary/aromatic N) is 3. The molecule has 1 heterocycles. The number of halogens is 1. The summed E-state index contributed by atoms with van der Waals surface area (Å²) in [6.07, 6.45) is 1.55. The Hall–Kier alpha value is -3.00. The van der Waals surface area contributed by atoms with Gasteiger partial charge in [0.15, 0.2) is 5.69 Å². The molecule has 2 amide bonds. The van der Waals surface area contributed by atoms with Crippen LogP contribution in [0.3, 0.4) is 0 Å². The summed E-state index contributed by atoms with van der Waals surface area (Å²) >= 11 is 3.38. The summed E-state index contributed by atoms with van der Waals surface area (Å²) in [5, 5.41) is 13.1. The van der Waals surface area contributed by atoms with Gasteiger partial charge in [0.2, 0.25) is 5.91 Å². The number of anilines is 1. The fourth-order valence-corrected chi connectivity index (χ4v) is 2.94. The van der Waals surface area contributed by atoms with Crippen LogP contribution in [-0.4, -0.2) is 33.4 Å².